The van der Waals surface area contributed by atoms with Crippen LogP contribution in [-0.4, -0.2) is 59.1 Å². The number of rotatable bonds is 7. The van der Waals surface area contributed by atoms with E-state index in [1.165, 1.54) is 48.5 Å². The molecule has 8 heteroatoms. The molecule has 0 saturated carbocycles. The highest BCUT2D eigenvalue weighted by Crippen LogP contribution is 2.33. The Morgan fingerprint density at radius 1 is 0.643 bits per heavy atom. The monoisotopic (exact) mass is 386 g/mol. The van der Waals surface area contributed by atoms with Gasteiger partial charge in [-0.05, 0) is 0 Å². The lowest BCUT2D eigenvalue weighted by atomic mass is 9.73. The minimum atomic E-state index is -3.59. The van der Waals surface area contributed by atoms with Gasteiger partial charge in [0.2, 0.25) is 11.6 Å². The maximum Gasteiger partial charge on any atom is 0.350 e. The SMILES string of the molecule is COC(=O)C(O)(C(=O)c1ccccc1)C(O)(C(=O)OC)C(=O)c1ccccc1. The van der Waals surface area contributed by atoms with Gasteiger partial charge < -0.3 is 19.7 Å². The van der Waals surface area contributed by atoms with Crippen LogP contribution in [-0.2, 0) is 19.1 Å². The van der Waals surface area contributed by atoms with Crippen LogP contribution in [0.25, 0.3) is 0 Å². The van der Waals surface area contributed by atoms with Crippen molar-refractivity contribution in [2.24, 2.45) is 0 Å². The van der Waals surface area contributed by atoms with E-state index in [4.69, 9.17) is 0 Å². The van der Waals surface area contributed by atoms with Gasteiger partial charge in [-0.2, -0.15) is 0 Å². The second-order valence-corrected chi connectivity index (χ2v) is 5.79. The van der Waals surface area contributed by atoms with Crippen LogP contribution in [0.1, 0.15) is 20.7 Å². The van der Waals surface area contributed by atoms with Crippen molar-refractivity contribution in [1.29, 1.82) is 0 Å². The molecule has 2 aromatic carbocycles. The Kier molecular flexibility index (Phi) is 6.07. The zero-order valence-electron chi connectivity index (χ0n) is 15.1. The molecule has 0 fully saturated rings. The second kappa shape index (κ2) is 8.12. The Morgan fingerprint density at radius 2 is 0.929 bits per heavy atom. The fraction of sp³-hybridized carbons (Fsp3) is 0.200. The number of carbonyl (C=O) groups is 4. The van der Waals surface area contributed by atoms with E-state index in [0.717, 1.165) is 14.2 Å². The smallest absolute Gasteiger partial charge is 0.350 e. The first-order valence-corrected chi connectivity index (χ1v) is 8.06. The van der Waals surface area contributed by atoms with Crippen molar-refractivity contribution in [3.8, 4) is 0 Å². The van der Waals surface area contributed by atoms with Crippen molar-refractivity contribution in [2.75, 3.05) is 14.2 Å². The normalized spacial score (nSPS) is 14.9. The van der Waals surface area contributed by atoms with E-state index >= 15 is 0 Å². The van der Waals surface area contributed by atoms with Crippen LogP contribution in [0.5, 0.6) is 0 Å². The number of esters is 2. The van der Waals surface area contributed by atoms with Crippen LogP contribution in [0.3, 0.4) is 0 Å². The number of Topliss-reactive ketones (excluding diaryl/α,β-unsaturated/α-hetero) is 2. The minimum Gasteiger partial charge on any atom is -0.466 e. The van der Waals surface area contributed by atoms with Gasteiger partial charge in [0.15, 0.2) is 0 Å². The highest BCUT2D eigenvalue weighted by atomic mass is 16.6. The third-order valence-electron chi connectivity index (χ3n) is 4.21. The molecule has 2 unspecified atom stereocenters. The van der Waals surface area contributed by atoms with Gasteiger partial charge in [-0.3, -0.25) is 9.59 Å². The average molecular weight is 386 g/mol. The predicted octanol–water partition coefficient (Wildman–Crippen LogP) is 0.560. The van der Waals surface area contributed by atoms with Gasteiger partial charge in [0.05, 0.1) is 14.2 Å². The molecule has 0 heterocycles. The lowest BCUT2D eigenvalue weighted by molar-refractivity contribution is -0.191. The molecule has 2 aromatic rings. The van der Waals surface area contributed by atoms with Gasteiger partial charge in [-0.25, -0.2) is 9.59 Å². The van der Waals surface area contributed by atoms with Gasteiger partial charge in [-0.15, -0.1) is 0 Å². The molecule has 0 aromatic heterocycles. The zero-order valence-corrected chi connectivity index (χ0v) is 15.1. The fourth-order valence-corrected chi connectivity index (χ4v) is 2.70. The molecule has 0 radical (unpaired) electrons. The lowest BCUT2D eigenvalue weighted by Crippen LogP contribution is -2.72. The molecular weight excluding hydrogens is 368 g/mol. The largest absolute Gasteiger partial charge is 0.466 e. The van der Waals surface area contributed by atoms with Crippen molar-refractivity contribution in [3.05, 3.63) is 71.8 Å². The first-order valence-electron chi connectivity index (χ1n) is 8.06. The zero-order chi connectivity index (χ0) is 20.9. The Balaban J connectivity index is 2.77. The maximum absolute atomic E-state index is 13.0. The molecule has 146 valence electrons. The van der Waals surface area contributed by atoms with E-state index in [-0.39, 0.29) is 11.1 Å². The first-order chi connectivity index (χ1) is 13.2. The summed E-state index contributed by atoms with van der Waals surface area (Å²) in [7, 11) is 1.66. The number of methoxy groups -OCH3 is 2. The molecule has 0 spiro atoms. The summed E-state index contributed by atoms with van der Waals surface area (Å²) in [5.74, 6) is -6.20. The molecule has 0 aliphatic carbocycles. The Hall–Kier alpha value is -3.36. The van der Waals surface area contributed by atoms with E-state index in [9.17, 15) is 29.4 Å². The van der Waals surface area contributed by atoms with Gasteiger partial charge in [0, 0.05) is 11.1 Å². The van der Waals surface area contributed by atoms with E-state index in [0.29, 0.717) is 0 Å². The highest BCUT2D eigenvalue weighted by molar-refractivity contribution is 6.28. The van der Waals surface area contributed by atoms with Crippen LogP contribution >= 0.6 is 0 Å². The summed E-state index contributed by atoms with van der Waals surface area (Å²) >= 11 is 0. The predicted molar refractivity (Wildman–Crippen MR) is 95.5 cm³/mol. The molecule has 0 bridgehead atoms. The van der Waals surface area contributed by atoms with E-state index in [1.807, 2.05) is 0 Å². The van der Waals surface area contributed by atoms with Gasteiger partial charge >= 0.3 is 11.9 Å². The van der Waals surface area contributed by atoms with E-state index in [1.54, 1.807) is 12.1 Å². The minimum absolute atomic E-state index is 0.237. The quantitative estimate of drug-likeness (QED) is 0.401. The number of hydrogen-bond donors (Lipinski definition) is 2. The first kappa shape index (κ1) is 20.9. The second-order valence-electron chi connectivity index (χ2n) is 5.79. The highest BCUT2D eigenvalue weighted by Gasteiger charge is 2.70. The molecule has 0 aliphatic heterocycles. The molecule has 0 saturated heterocycles. The van der Waals surface area contributed by atoms with Crippen LogP contribution in [0.4, 0.5) is 0 Å². The number of carbonyl (C=O) groups excluding carboxylic acids is 4. The van der Waals surface area contributed by atoms with Crippen LogP contribution in [0.2, 0.25) is 0 Å². The molecule has 2 rings (SSSR count). The average Bonchev–Trinajstić information content (AvgIpc) is 2.76. The van der Waals surface area contributed by atoms with Gasteiger partial charge in [0.25, 0.3) is 11.2 Å². The third-order valence-corrected chi connectivity index (χ3v) is 4.21. The fourth-order valence-electron chi connectivity index (χ4n) is 2.70. The standard InChI is InChI=1S/C20H18O8/c1-27-17(23)19(25,15(21)13-9-5-3-6-10-13)20(26,18(24)28-2)16(22)14-11-7-4-8-12-14/h3-12,25-26H,1-2H3. The van der Waals surface area contributed by atoms with Crippen LogP contribution in [0, 0.1) is 0 Å². The summed E-state index contributed by atoms with van der Waals surface area (Å²) in [5.41, 5.74) is -7.66. The molecule has 0 amide bonds. The summed E-state index contributed by atoms with van der Waals surface area (Å²) < 4.78 is 8.91. The van der Waals surface area contributed by atoms with Crippen molar-refractivity contribution in [1.82, 2.24) is 0 Å². The van der Waals surface area contributed by atoms with E-state index < -0.39 is 34.7 Å². The van der Waals surface area contributed by atoms with Gasteiger partial charge in [-0.1, -0.05) is 60.7 Å². The topological polar surface area (TPSA) is 127 Å². The van der Waals surface area contributed by atoms with Crippen LogP contribution < -0.4 is 0 Å². The summed E-state index contributed by atoms with van der Waals surface area (Å²) in [6, 6.07) is 13.8. The number of ether oxygens (including phenoxy) is 2. The Labute approximate surface area is 160 Å². The molecule has 0 aliphatic rings. The molecular formula is C20H18O8. The molecule has 28 heavy (non-hydrogen) atoms. The summed E-state index contributed by atoms with van der Waals surface area (Å²) in [4.78, 5) is 50.9. The van der Waals surface area contributed by atoms with Gasteiger partial charge in [0.1, 0.15) is 0 Å². The lowest BCUT2D eigenvalue weighted by Gasteiger charge is -2.36. The number of hydrogen-bond acceptors (Lipinski definition) is 8. The Bertz CT molecular complexity index is 817. The summed E-state index contributed by atoms with van der Waals surface area (Å²) in [6.07, 6.45) is 0. The van der Waals surface area contributed by atoms with Crippen molar-refractivity contribution in [2.45, 2.75) is 11.2 Å². The number of aliphatic hydroxyl groups is 2. The van der Waals surface area contributed by atoms with Crippen molar-refractivity contribution in [3.63, 3.8) is 0 Å². The van der Waals surface area contributed by atoms with Crippen LogP contribution in [0.15, 0.2) is 60.7 Å². The molecule has 2 N–H and O–H groups in total. The number of benzene rings is 2. The molecule has 2 atom stereocenters. The Morgan fingerprint density at radius 3 is 1.18 bits per heavy atom. The summed E-state index contributed by atoms with van der Waals surface area (Å²) in [6.45, 7) is 0. The van der Waals surface area contributed by atoms with Crippen molar-refractivity contribution < 1.29 is 38.9 Å². The summed E-state index contributed by atoms with van der Waals surface area (Å²) in [5, 5.41) is 22.1. The number of ketones is 2. The third kappa shape index (κ3) is 3.19. The maximum atomic E-state index is 13.0. The van der Waals surface area contributed by atoms with Crippen molar-refractivity contribution >= 4 is 23.5 Å². The van der Waals surface area contributed by atoms with E-state index in [2.05, 4.69) is 9.47 Å². The molecule has 8 nitrogen and oxygen atoms in total.